The maximum atomic E-state index is 9.96. The molecule has 0 aliphatic carbocycles. The van der Waals surface area contributed by atoms with Crippen LogP contribution in [0.5, 0.6) is 0 Å². The molecule has 0 bridgehead atoms. The molecule has 1 heterocycles. The fourth-order valence-electron chi connectivity index (χ4n) is 1.13. The highest BCUT2D eigenvalue weighted by molar-refractivity contribution is 5.68. The van der Waals surface area contributed by atoms with Crippen LogP contribution in [-0.4, -0.2) is 18.1 Å². The molecule has 3 heteroatoms. The lowest BCUT2D eigenvalue weighted by Crippen LogP contribution is -1.94. The summed E-state index contributed by atoms with van der Waals surface area (Å²) < 4.78 is 4.26. The number of ether oxygens (including phenoxy) is 1. The highest BCUT2D eigenvalue weighted by atomic mass is 16.5. The van der Waals surface area contributed by atoms with Crippen LogP contribution < -0.4 is 0 Å². The first-order chi connectivity index (χ1) is 9.60. The number of aryl methyl sites for hydroxylation is 2. The monoisotopic (exact) mass is 273 g/mol. The molecule has 0 amide bonds. The smallest absolute Gasteiger partial charge is 0.305 e. The number of benzene rings is 1. The molecule has 1 aromatic carbocycles. The van der Waals surface area contributed by atoms with Crippen molar-refractivity contribution < 1.29 is 9.53 Å². The van der Waals surface area contributed by atoms with E-state index in [-0.39, 0.29) is 5.97 Å². The van der Waals surface area contributed by atoms with Crippen molar-refractivity contribution >= 4 is 5.97 Å². The normalized spacial score (nSPS) is 8.40. The average Bonchev–Trinajstić information content (AvgIpc) is 2.49. The second kappa shape index (κ2) is 11.9. The Morgan fingerprint density at radius 1 is 1.05 bits per heavy atom. The molecular weight excluding hydrogens is 250 g/mol. The van der Waals surface area contributed by atoms with Crippen LogP contribution in [0.3, 0.4) is 0 Å². The van der Waals surface area contributed by atoms with E-state index in [0.29, 0.717) is 6.42 Å². The fourth-order valence-corrected chi connectivity index (χ4v) is 1.13. The largest absolute Gasteiger partial charge is 0.469 e. The summed E-state index contributed by atoms with van der Waals surface area (Å²) in [5.74, 6) is -0.157. The van der Waals surface area contributed by atoms with Crippen LogP contribution in [0.25, 0.3) is 0 Å². The van der Waals surface area contributed by atoms with Crippen LogP contribution in [0.4, 0.5) is 0 Å². The van der Waals surface area contributed by atoms with E-state index in [9.17, 15) is 4.79 Å². The maximum Gasteiger partial charge on any atom is 0.305 e. The second-order valence-electron chi connectivity index (χ2n) is 4.11. The van der Waals surface area contributed by atoms with Gasteiger partial charge in [0.2, 0.25) is 0 Å². The van der Waals surface area contributed by atoms with Gasteiger partial charge in [-0.25, -0.2) is 0 Å². The molecular formula is C17H23NO2. The van der Waals surface area contributed by atoms with Crippen LogP contribution in [-0.2, 0) is 9.53 Å². The number of carbonyl (C=O) groups is 1. The van der Waals surface area contributed by atoms with E-state index in [2.05, 4.69) is 28.8 Å². The number of hydrogen-bond acceptors (Lipinski definition) is 3. The fraction of sp³-hybridized carbons (Fsp3) is 0.294. The second-order valence-corrected chi connectivity index (χ2v) is 4.11. The highest BCUT2D eigenvalue weighted by Gasteiger charge is 1.87. The lowest BCUT2D eigenvalue weighted by molar-refractivity contribution is -0.140. The van der Waals surface area contributed by atoms with Crippen LogP contribution in [0.15, 0.2) is 54.9 Å². The number of nitrogens with zero attached hydrogens (tertiary/aromatic N) is 1. The molecule has 0 radical (unpaired) electrons. The first kappa shape index (κ1) is 17.8. The zero-order valence-corrected chi connectivity index (χ0v) is 12.7. The van der Waals surface area contributed by atoms with E-state index in [1.807, 2.05) is 43.5 Å². The summed E-state index contributed by atoms with van der Waals surface area (Å²) in [6.07, 6.45) is 4.07. The SMILES string of the molecule is CCC(=O)OC.Cc1ccccc1.Cc1cccnc1. The van der Waals surface area contributed by atoms with Crippen molar-refractivity contribution in [1.82, 2.24) is 4.98 Å². The Bertz CT molecular complexity index is 411. The van der Waals surface area contributed by atoms with Gasteiger partial charge in [-0.15, -0.1) is 0 Å². The number of aromatic nitrogens is 1. The van der Waals surface area contributed by atoms with Crippen LogP contribution in [0.2, 0.25) is 0 Å². The molecule has 0 saturated heterocycles. The van der Waals surface area contributed by atoms with Crippen molar-refractivity contribution in [3.63, 3.8) is 0 Å². The Morgan fingerprint density at radius 3 is 1.85 bits per heavy atom. The van der Waals surface area contributed by atoms with Gasteiger partial charge in [0.05, 0.1) is 7.11 Å². The Morgan fingerprint density at radius 2 is 1.65 bits per heavy atom. The molecule has 0 unspecified atom stereocenters. The Kier molecular flexibility index (Phi) is 10.6. The third-order valence-corrected chi connectivity index (χ3v) is 2.27. The summed E-state index contributed by atoms with van der Waals surface area (Å²) in [4.78, 5) is 13.8. The first-order valence-electron chi connectivity index (χ1n) is 6.55. The van der Waals surface area contributed by atoms with E-state index in [4.69, 9.17) is 0 Å². The number of pyridine rings is 1. The topological polar surface area (TPSA) is 39.2 Å². The van der Waals surface area contributed by atoms with Gasteiger partial charge in [0.25, 0.3) is 0 Å². The van der Waals surface area contributed by atoms with Crippen molar-refractivity contribution in [3.05, 3.63) is 66.0 Å². The minimum atomic E-state index is -0.157. The molecule has 0 spiro atoms. The Labute approximate surface area is 121 Å². The van der Waals surface area contributed by atoms with E-state index in [0.717, 1.165) is 0 Å². The predicted octanol–water partition coefficient (Wildman–Crippen LogP) is 3.95. The molecule has 20 heavy (non-hydrogen) atoms. The van der Waals surface area contributed by atoms with Gasteiger partial charge in [-0.3, -0.25) is 9.78 Å². The maximum absolute atomic E-state index is 9.96. The van der Waals surface area contributed by atoms with Gasteiger partial charge in [0.15, 0.2) is 0 Å². The first-order valence-corrected chi connectivity index (χ1v) is 6.55. The van der Waals surface area contributed by atoms with Crippen molar-refractivity contribution in [2.75, 3.05) is 7.11 Å². The van der Waals surface area contributed by atoms with E-state index in [1.54, 1.807) is 13.1 Å². The summed E-state index contributed by atoms with van der Waals surface area (Å²) >= 11 is 0. The number of rotatable bonds is 1. The highest BCUT2D eigenvalue weighted by Crippen LogP contribution is 1.92. The van der Waals surface area contributed by atoms with E-state index >= 15 is 0 Å². The number of carbonyl (C=O) groups excluding carboxylic acids is 1. The van der Waals surface area contributed by atoms with Crippen LogP contribution in [0.1, 0.15) is 24.5 Å². The molecule has 0 atom stereocenters. The molecule has 0 N–H and O–H groups in total. The lowest BCUT2D eigenvalue weighted by atomic mass is 10.2. The van der Waals surface area contributed by atoms with Crippen LogP contribution >= 0.6 is 0 Å². The molecule has 0 saturated carbocycles. The number of esters is 1. The molecule has 108 valence electrons. The molecule has 0 aliphatic heterocycles. The van der Waals surface area contributed by atoms with Gasteiger partial charge in [0.1, 0.15) is 0 Å². The van der Waals surface area contributed by atoms with Crippen molar-refractivity contribution in [1.29, 1.82) is 0 Å². The zero-order chi connectivity index (χ0) is 15.2. The molecule has 3 nitrogen and oxygen atoms in total. The van der Waals surface area contributed by atoms with E-state index in [1.165, 1.54) is 18.2 Å². The summed E-state index contributed by atoms with van der Waals surface area (Å²) in [6, 6.07) is 14.2. The van der Waals surface area contributed by atoms with Crippen LogP contribution in [0, 0.1) is 13.8 Å². The number of hydrogen-bond donors (Lipinski definition) is 0. The van der Waals surface area contributed by atoms with Crippen molar-refractivity contribution in [3.8, 4) is 0 Å². The van der Waals surface area contributed by atoms with E-state index < -0.39 is 0 Å². The van der Waals surface area contributed by atoms with Gasteiger partial charge >= 0.3 is 5.97 Å². The third kappa shape index (κ3) is 11.0. The van der Waals surface area contributed by atoms with Crippen molar-refractivity contribution in [2.45, 2.75) is 27.2 Å². The van der Waals surface area contributed by atoms with Gasteiger partial charge in [0, 0.05) is 18.8 Å². The molecule has 1 aromatic heterocycles. The Balaban J connectivity index is 0.000000272. The summed E-state index contributed by atoms with van der Waals surface area (Å²) in [6.45, 7) is 5.86. The molecule has 2 rings (SSSR count). The Hall–Kier alpha value is -2.16. The van der Waals surface area contributed by atoms with Gasteiger partial charge in [-0.1, -0.05) is 48.9 Å². The lowest BCUT2D eigenvalue weighted by Gasteiger charge is -1.87. The van der Waals surface area contributed by atoms with Gasteiger partial charge < -0.3 is 4.74 Å². The molecule has 0 fully saturated rings. The third-order valence-electron chi connectivity index (χ3n) is 2.27. The quantitative estimate of drug-likeness (QED) is 0.738. The standard InChI is InChI=1S/C7H8.C6H7N.C4H8O2/c1-7-5-3-2-4-6-7;1-6-3-2-4-7-5-6;1-3-4(5)6-2/h2-6H,1H3;2-5H,1H3;3H2,1-2H3. The van der Waals surface area contributed by atoms with Gasteiger partial charge in [-0.2, -0.15) is 0 Å². The summed E-state index contributed by atoms with van der Waals surface area (Å²) in [7, 11) is 1.38. The summed E-state index contributed by atoms with van der Waals surface area (Å²) in [5, 5.41) is 0. The minimum Gasteiger partial charge on any atom is -0.469 e. The summed E-state index contributed by atoms with van der Waals surface area (Å²) in [5.41, 5.74) is 2.53. The van der Waals surface area contributed by atoms with Gasteiger partial charge in [-0.05, 0) is 25.5 Å². The average molecular weight is 273 g/mol. The number of methoxy groups -OCH3 is 1. The molecule has 2 aromatic rings. The zero-order valence-electron chi connectivity index (χ0n) is 12.7. The van der Waals surface area contributed by atoms with Crippen molar-refractivity contribution in [2.24, 2.45) is 0 Å². The predicted molar refractivity (Wildman–Crippen MR) is 82.5 cm³/mol. The molecule has 0 aliphatic rings. The minimum absolute atomic E-state index is 0.157.